The normalized spacial score (nSPS) is 22.8. The molecule has 32 heavy (non-hydrogen) atoms. The van der Waals surface area contributed by atoms with E-state index in [1.807, 2.05) is 31.2 Å². The molecular weight excluding hydrogens is 408 g/mol. The number of hydrogen-bond acceptors (Lipinski definition) is 5. The SMILES string of the molecule is CCC(CC)C(CNC(=O)CN1C(=O)NC(C)(c2ccc(C)cc2)C1=O)N1CCOCC1. The molecule has 0 bridgehead atoms. The number of aryl methyl sites for hydroxylation is 1. The predicted octanol–water partition coefficient (Wildman–Crippen LogP) is 2.02. The molecule has 3 rings (SSSR count). The number of carbonyl (C=O) groups excluding carboxylic acids is 3. The molecule has 1 aromatic rings. The van der Waals surface area contributed by atoms with Crippen molar-refractivity contribution in [2.75, 3.05) is 39.4 Å². The molecule has 4 amide bonds. The zero-order chi connectivity index (χ0) is 23.3. The highest BCUT2D eigenvalue weighted by atomic mass is 16.5. The topological polar surface area (TPSA) is 91.0 Å². The van der Waals surface area contributed by atoms with Crippen LogP contribution in [-0.2, 0) is 19.9 Å². The standard InChI is InChI=1S/C24H36N4O4/c1-5-18(6-2)20(27-11-13-32-14-12-27)15-25-21(29)16-28-22(30)24(4,26-23(28)31)19-9-7-17(3)8-10-19/h7-10,18,20H,5-6,11-16H2,1-4H3,(H,25,29)(H,26,31). The van der Waals surface area contributed by atoms with Crippen molar-refractivity contribution < 1.29 is 19.1 Å². The minimum Gasteiger partial charge on any atom is -0.379 e. The highest BCUT2D eigenvalue weighted by Gasteiger charge is 2.49. The van der Waals surface area contributed by atoms with Crippen molar-refractivity contribution in [3.8, 4) is 0 Å². The van der Waals surface area contributed by atoms with Crippen molar-refractivity contribution in [1.82, 2.24) is 20.4 Å². The fourth-order valence-corrected chi connectivity index (χ4v) is 4.68. The Morgan fingerprint density at radius 2 is 1.78 bits per heavy atom. The van der Waals surface area contributed by atoms with Crippen molar-refractivity contribution in [3.05, 3.63) is 35.4 Å². The summed E-state index contributed by atoms with van der Waals surface area (Å²) in [6, 6.07) is 7.13. The van der Waals surface area contributed by atoms with Gasteiger partial charge >= 0.3 is 6.03 Å². The average molecular weight is 445 g/mol. The van der Waals surface area contributed by atoms with Crippen molar-refractivity contribution in [3.63, 3.8) is 0 Å². The summed E-state index contributed by atoms with van der Waals surface area (Å²) in [7, 11) is 0. The van der Waals surface area contributed by atoms with E-state index in [9.17, 15) is 14.4 Å². The zero-order valence-corrected chi connectivity index (χ0v) is 19.6. The minimum atomic E-state index is -1.17. The van der Waals surface area contributed by atoms with E-state index < -0.39 is 17.5 Å². The number of urea groups is 1. The highest BCUT2D eigenvalue weighted by Crippen LogP contribution is 2.29. The summed E-state index contributed by atoms with van der Waals surface area (Å²) in [6.07, 6.45) is 2.05. The first-order chi connectivity index (χ1) is 15.3. The van der Waals surface area contributed by atoms with E-state index in [-0.39, 0.29) is 18.5 Å². The smallest absolute Gasteiger partial charge is 0.325 e. The Bertz CT molecular complexity index is 818. The van der Waals surface area contributed by atoms with Crippen molar-refractivity contribution >= 4 is 17.8 Å². The molecule has 0 spiro atoms. The fourth-order valence-electron chi connectivity index (χ4n) is 4.68. The first-order valence-corrected chi connectivity index (χ1v) is 11.6. The summed E-state index contributed by atoms with van der Waals surface area (Å²) in [4.78, 5) is 41.8. The Labute approximate surface area is 190 Å². The van der Waals surface area contributed by atoms with Gasteiger partial charge in [0.25, 0.3) is 5.91 Å². The van der Waals surface area contributed by atoms with Crippen LogP contribution in [0.25, 0.3) is 0 Å². The van der Waals surface area contributed by atoms with E-state index in [1.165, 1.54) is 0 Å². The van der Waals surface area contributed by atoms with E-state index in [1.54, 1.807) is 6.92 Å². The fraction of sp³-hybridized carbons (Fsp3) is 0.625. The van der Waals surface area contributed by atoms with Crippen molar-refractivity contribution in [1.29, 1.82) is 0 Å². The molecule has 2 atom stereocenters. The van der Waals surface area contributed by atoms with Crippen LogP contribution in [0.15, 0.2) is 24.3 Å². The quantitative estimate of drug-likeness (QED) is 0.569. The number of hydrogen-bond donors (Lipinski definition) is 2. The Morgan fingerprint density at radius 1 is 1.16 bits per heavy atom. The molecule has 0 aliphatic carbocycles. The largest absolute Gasteiger partial charge is 0.379 e. The van der Waals surface area contributed by atoms with Crippen LogP contribution in [0, 0.1) is 12.8 Å². The molecule has 8 heteroatoms. The average Bonchev–Trinajstić information content (AvgIpc) is 3.01. The molecule has 1 aromatic carbocycles. The summed E-state index contributed by atoms with van der Waals surface area (Å²) in [5.41, 5.74) is 0.597. The number of nitrogens with one attached hydrogen (secondary N) is 2. The summed E-state index contributed by atoms with van der Waals surface area (Å²) in [5, 5.41) is 5.74. The van der Waals surface area contributed by atoms with Gasteiger partial charge in [-0.2, -0.15) is 0 Å². The van der Waals surface area contributed by atoms with Crippen LogP contribution in [-0.4, -0.2) is 73.1 Å². The summed E-state index contributed by atoms with van der Waals surface area (Å²) >= 11 is 0. The monoisotopic (exact) mass is 444 g/mol. The molecule has 2 fully saturated rings. The zero-order valence-electron chi connectivity index (χ0n) is 19.6. The van der Waals surface area contributed by atoms with Crippen LogP contribution < -0.4 is 10.6 Å². The van der Waals surface area contributed by atoms with Gasteiger partial charge in [-0.05, 0) is 25.3 Å². The Morgan fingerprint density at radius 3 is 2.38 bits per heavy atom. The number of ether oxygens (including phenoxy) is 1. The molecule has 2 aliphatic rings. The molecule has 8 nitrogen and oxygen atoms in total. The van der Waals surface area contributed by atoms with E-state index in [0.717, 1.165) is 36.4 Å². The maximum absolute atomic E-state index is 13.1. The predicted molar refractivity (Wildman–Crippen MR) is 122 cm³/mol. The third-order valence-corrected chi connectivity index (χ3v) is 6.82. The maximum Gasteiger partial charge on any atom is 0.325 e. The lowest BCUT2D eigenvalue weighted by Crippen LogP contribution is -2.53. The summed E-state index contributed by atoms with van der Waals surface area (Å²) in [6.45, 7) is 11.3. The molecule has 2 N–H and O–H groups in total. The molecule has 0 aromatic heterocycles. The lowest BCUT2D eigenvalue weighted by atomic mass is 9.91. The van der Waals surface area contributed by atoms with Crippen LogP contribution in [0.1, 0.15) is 44.7 Å². The first kappa shape index (κ1) is 24.2. The van der Waals surface area contributed by atoms with Gasteiger partial charge in [-0.25, -0.2) is 4.79 Å². The van der Waals surface area contributed by atoms with Gasteiger partial charge in [-0.15, -0.1) is 0 Å². The Kier molecular flexibility index (Phi) is 7.90. The van der Waals surface area contributed by atoms with Crippen molar-refractivity contribution in [2.45, 2.75) is 52.1 Å². The van der Waals surface area contributed by atoms with Crippen LogP contribution in [0.5, 0.6) is 0 Å². The second-order valence-corrected chi connectivity index (χ2v) is 8.91. The van der Waals surface area contributed by atoms with E-state index in [0.29, 0.717) is 31.2 Å². The maximum atomic E-state index is 13.1. The van der Waals surface area contributed by atoms with Crippen LogP contribution >= 0.6 is 0 Å². The molecule has 2 unspecified atom stereocenters. The highest BCUT2D eigenvalue weighted by molar-refractivity contribution is 6.09. The van der Waals surface area contributed by atoms with Crippen LogP contribution in [0.2, 0.25) is 0 Å². The molecule has 2 aliphatic heterocycles. The minimum absolute atomic E-state index is 0.207. The number of morpholine rings is 1. The number of benzene rings is 1. The lowest BCUT2D eigenvalue weighted by Gasteiger charge is -2.38. The van der Waals surface area contributed by atoms with E-state index >= 15 is 0 Å². The van der Waals surface area contributed by atoms with Gasteiger partial charge in [0, 0.05) is 25.7 Å². The van der Waals surface area contributed by atoms with Gasteiger partial charge < -0.3 is 15.4 Å². The number of rotatable bonds is 9. The van der Waals surface area contributed by atoms with Crippen LogP contribution in [0.3, 0.4) is 0 Å². The lowest BCUT2D eigenvalue weighted by molar-refractivity contribution is -0.135. The number of imide groups is 1. The van der Waals surface area contributed by atoms with Crippen molar-refractivity contribution in [2.24, 2.45) is 5.92 Å². The van der Waals surface area contributed by atoms with E-state index in [4.69, 9.17) is 4.74 Å². The van der Waals surface area contributed by atoms with Crippen LogP contribution in [0.4, 0.5) is 4.79 Å². The van der Waals surface area contributed by atoms with Gasteiger partial charge in [-0.3, -0.25) is 19.4 Å². The second kappa shape index (κ2) is 10.4. The van der Waals surface area contributed by atoms with Gasteiger partial charge in [0.05, 0.1) is 13.2 Å². The molecule has 2 saturated heterocycles. The van der Waals surface area contributed by atoms with Gasteiger partial charge in [0.15, 0.2) is 0 Å². The number of amides is 4. The molecule has 0 saturated carbocycles. The third-order valence-electron chi connectivity index (χ3n) is 6.82. The number of nitrogens with zero attached hydrogens (tertiary/aromatic N) is 2. The number of carbonyl (C=O) groups is 3. The molecule has 2 heterocycles. The summed E-state index contributed by atoms with van der Waals surface area (Å²) < 4.78 is 5.48. The Balaban J connectivity index is 1.63. The Hall–Kier alpha value is -2.45. The van der Waals surface area contributed by atoms with Gasteiger partial charge in [0.1, 0.15) is 12.1 Å². The third kappa shape index (κ3) is 5.13. The van der Waals surface area contributed by atoms with E-state index in [2.05, 4.69) is 29.4 Å². The molecular formula is C24H36N4O4. The second-order valence-electron chi connectivity index (χ2n) is 8.91. The molecule has 0 radical (unpaired) electrons. The van der Waals surface area contributed by atoms with Gasteiger partial charge in [0.2, 0.25) is 5.91 Å². The summed E-state index contributed by atoms with van der Waals surface area (Å²) in [5.74, 6) is -0.285. The van der Waals surface area contributed by atoms with Gasteiger partial charge in [-0.1, -0.05) is 56.5 Å². The molecule has 176 valence electrons. The first-order valence-electron chi connectivity index (χ1n) is 11.6.